The van der Waals surface area contributed by atoms with Gasteiger partial charge in [-0.2, -0.15) is 0 Å². The Balaban J connectivity index is 2.12. The lowest BCUT2D eigenvalue weighted by atomic mass is 10.1. The SMILES string of the molecule is CC(C)NC(=O)[C@@H](C)N(CCc1ccccc1)C(=O)Cc1ccc(Cl)cc1. The van der Waals surface area contributed by atoms with Crippen LogP contribution in [0.1, 0.15) is 31.9 Å². The largest absolute Gasteiger partial charge is 0.352 e. The Bertz CT molecular complexity index is 745. The summed E-state index contributed by atoms with van der Waals surface area (Å²) >= 11 is 5.92. The van der Waals surface area contributed by atoms with E-state index in [-0.39, 0.29) is 24.3 Å². The Morgan fingerprint density at radius 3 is 2.19 bits per heavy atom. The summed E-state index contributed by atoms with van der Waals surface area (Å²) in [5, 5.41) is 3.53. The van der Waals surface area contributed by atoms with Gasteiger partial charge in [0, 0.05) is 17.6 Å². The fourth-order valence-electron chi connectivity index (χ4n) is 2.85. The molecule has 2 aromatic rings. The molecule has 0 radical (unpaired) electrons. The third kappa shape index (κ3) is 6.72. The van der Waals surface area contributed by atoms with Crippen molar-refractivity contribution in [3.05, 3.63) is 70.7 Å². The van der Waals surface area contributed by atoms with Crippen LogP contribution in [0.2, 0.25) is 5.02 Å². The van der Waals surface area contributed by atoms with Crippen molar-refractivity contribution in [2.75, 3.05) is 6.54 Å². The highest BCUT2D eigenvalue weighted by Crippen LogP contribution is 2.13. The third-order valence-corrected chi connectivity index (χ3v) is 4.60. The zero-order valence-electron chi connectivity index (χ0n) is 16.1. The predicted molar refractivity (Wildman–Crippen MR) is 110 cm³/mol. The molecule has 1 atom stereocenters. The number of nitrogens with zero attached hydrogens (tertiary/aromatic N) is 1. The first-order valence-electron chi connectivity index (χ1n) is 9.25. The summed E-state index contributed by atoms with van der Waals surface area (Å²) < 4.78 is 0. The van der Waals surface area contributed by atoms with E-state index in [4.69, 9.17) is 11.6 Å². The first-order chi connectivity index (χ1) is 12.9. The van der Waals surface area contributed by atoms with Gasteiger partial charge >= 0.3 is 0 Å². The minimum Gasteiger partial charge on any atom is -0.352 e. The van der Waals surface area contributed by atoms with Gasteiger partial charge < -0.3 is 10.2 Å². The number of rotatable bonds is 8. The number of hydrogen-bond acceptors (Lipinski definition) is 2. The second-order valence-corrected chi connectivity index (χ2v) is 7.40. The van der Waals surface area contributed by atoms with Crippen LogP contribution >= 0.6 is 11.6 Å². The average molecular weight is 387 g/mol. The molecule has 0 bridgehead atoms. The molecule has 0 spiro atoms. The van der Waals surface area contributed by atoms with Crippen LogP contribution in [-0.4, -0.2) is 35.3 Å². The molecule has 2 amide bonds. The number of nitrogens with one attached hydrogen (secondary N) is 1. The molecular weight excluding hydrogens is 360 g/mol. The molecule has 0 aromatic heterocycles. The van der Waals surface area contributed by atoms with Crippen LogP contribution < -0.4 is 5.32 Å². The molecule has 5 heteroatoms. The maximum absolute atomic E-state index is 13.0. The summed E-state index contributed by atoms with van der Waals surface area (Å²) in [6, 6.07) is 16.7. The van der Waals surface area contributed by atoms with E-state index in [1.54, 1.807) is 24.0 Å². The van der Waals surface area contributed by atoms with Crippen molar-refractivity contribution in [3.63, 3.8) is 0 Å². The van der Waals surface area contributed by atoms with Gasteiger partial charge in [0.2, 0.25) is 11.8 Å². The highest BCUT2D eigenvalue weighted by molar-refractivity contribution is 6.30. The lowest BCUT2D eigenvalue weighted by Crippen LogP contribution is -2.50. The van der Waals surface area contributed by atoms with Crippen molar-refractivity contribution in [2.45, 2.75) is 45.7 Å². The van der Waals surface area contributed by atoms with Crippen LogP contribution in [0.3, 0.4) is 0 Å². The van der Waals surface area contributed by atoms with Crippen molar-refractivity contribution in [1.82, 2.24) is 10.2 Å². The van der Waals surface area contributed by atoms with E-state index in [1.165, 1.54) is 0 Å². The summed E-state index contributed by atoms with van der Waals surface area (Å²) in [5.41, 5.74) is 2.02. The molecule has 2 rings (SSSR count). The Hall–Kier alpha value is -2.33. The van der Waals surface area contributed by atoms with E-state index in [0.717, 1.165) is 11.1 Å². The van der Waals surface area contributed by atoms with Gasteiger partial charge in [-0.25, -0.2) is 0 Å². The first-order valence-corrected chi connectivity index (χ1v) is 9.63. The zero-order valence-corrected chi connectivity index (χ0v) is 16.9. The smallest absolute Gasteiger partial charge is 0.242 e. The predicted octanol–water partition coefficient (Wildman–Crippen LogP) is 3.87. The summed E-state index contributed by atoms with van der Waals surface area (Å²) in [6.45, 7) is 6.09. The summed E-state index contributed by atoms with van der Waals surface area (Å²) in [5.74, 6) is -0.206. The Labute approximate surface area is 166 Å². The van der Waals surface area contributed by atoms with Crippen LogP contribution in [0, 0.1) is 0 Å². The molecule has 2 aromatic carbocycles. The number of benzene rings is 2. The molecule has 0 heterocycles. The van der Waals surface area contributed by atoms with Gasteiger partial charge in [0.1, 0.15) is 6.04 Å². The minimum atomic E-state index is -0.532. The second-order valence-electron chi connectivity index (χ2n) is 6.97. The van der Waals surface area contributed by atoms with Crippen LogP contribution in [0.4, 0.5) is 0 Å². The fourth-order valence-corrected chi connectivity index (χ4v) is 2.98. The fraction of sp³-hybridized carbons (Fsp3) is 0.364. The monoisotopic (exact) mass is 386 g/mol. The van der Waals surface area contributed by atoms with E-state index in [9.17, 15) is 9.59 Å². The zero-order chi connectivity index (χ0) is 19.8. The quantitative estimate of drug-likeness (QED) is 0.748. The van der Waals surface area contributed by atoms with E-state index < -0.39 is 6.04 Å². The average Bonchev–Trinajstić information content (AvgIpc) is 2.64. The van der Waals surface area contributed by atoms with E-state index in [1.807, 2.05) is 56.3 Å². The summed E-state index contributed by atoms with van der Waals surface area (Å²) in [7, 11) is 0. The lowest BCUT2D eigenvalue weighted by Gasteiger charge is -2.29. The molecular formula is C22H27ClN2O2. The van der Waals surface area contributed by atoms with E-state index >= 15 is 0 Å². The van der Waals surface area contributed by atoms with Crippen molar-refractivity contribution >= 4 is 23.4 Å². The van der Waals surface area contributed by atoms with Gasteiger partial charge in [-0.05, 0) is 50.5 Å². The number of carbonyl (C=O) groups excluding carboxylic acids is 2. The molecule has 0 saturated heterocycles. The first kappa shape index (κ1) is 21.0. The van der Waals surface area contributed by atoms with Crippen molar-refractivity contribution in [1.29, 1.82) is 0 Å². The maximum atomic E-state index is 13.0. The van der Waals surface area contributed by atoms with Gasteiger partial charge in [-0.15, -0.1) is 0 Å². The highest BCUT2D eigenvalue weighted by atomic mass is 35.5. The van der Waals surface area contributed by atoms with Crippen molar-refractivity contribution < 1.29 is 9.59 Å². The van der Waals surface area contributed by atoms with Crippen LogP contribution in [0.25, 0.3) is 0 Å². The molecule has 0 saturated carbocycles. The van der Waals surface area contributed by atoms with Crippen LogP contribution in [0.15, 0.2) is 54.6 Å². The van der Waals surface area contributed by atoms with Gasteiger partial charge in [0.15, 0.2) is 0 Å². The normalized spacial score (nSPS) is 11.9. The van der Waals surface area contributed by atoms with Gasteiger partial charge in [-0.3, -0.25) is 9.59 Å². The van der Waals surface area contributed by atoms with Gasteiger partial charge in [-0.1, -0.05) is 54.1 Å². The molecule has 144 valence electrons. The van der Waals surface area contributed by atoms with Crippen LogP contribution in [0.5, 0.6) is 0 Å². The Morgan fingerprint density at radius 2 is 1.59 bits per heavy atom. The molecule has 1 N–H and O–H groups in total. The molecule has 0 unspecified atom stereocenters. The number of carbonyl (C=O) groups is 2. The Morgan fingerprint density at radius 1 is 0.963 bits per heavy atom. The topological polar surface area (TPSA) is 49.4 Å². The molecule has 0 aliphatic heterocycles. The highest BCUT2D eigenvalue weighted by Gasteiger charge is 2.26. The number of hydrogen-bond donors (Lipinski definition) is 1. The lowest BCUT2D eigenvalue weighted by molar-refractivity contribution is -0.139. The second kappa shape index (κ2) is 10.1. The van der Waals surface area contributed by atoms with Crippen molar-refractivity contribution in [3.8, 4) is 0 Å². The van der Waals surface area contributed by atoms with Gasteiger partial charge in [0.25, 0.3) is 0 Å². The van der Waals surface area contributed by atoms with E-state index in [0.29, 0.717) is 18.0 Å². The molecule has 4 nitrogen and oxygen atoms in total. The Kier molecular flexibility index (Phi) is 7.86. The summed E-state index contributed by atoms with van der Waals surface area (Å²) in [6.07, 6.45) is 0.942. The third-order valence-electron chi connectivity index (χ3n) is 4.35. The number of amides is 2. The van der Waals surface area contributed by atoms with Gasteiger partial charge in [0.05, 0.1) is 6.42 Å². The molecule has 0 aliphatic rings. The van der Waals surface area contributed by atoms with Crippen molar-refractivity contribution in [2.24, 2.45) is 0 Å². The molecule has 0 aliphatic carbocycles. The minimum absolute atomic E-state index is 0.0299. The van der Waals surface area contributed by atoms with Crippen LogP contribution in [-0.2, 0) is 22.4 Å². The van der Waals surface area contributed by atoms with E-state index in [2.05, 4.69) is 5.32 Å². The molecule has 0 fully saturated rings. The standard InChI is InChI=1S/C22H27ClN2O2/c1-16(2)24-22(27)17(3)25(14-13-18-7-5-4-6-8-18)21(26)15-19-9-11-20(23)12-10-19/h4-12,16-17H,13-15H2,1-3H3,(H,24,27)/t17-/m1/s1. The molecule has 27 heavy (non-hydrogen) atoms. The number of halogens is 1. The maximum Gasteiger partial charge on any atom is 0.242 e. The summed E-state index contributed by atoms with van der Waals surface area (Å²) in [4.78, 5) is 27.1.